The summed E-state index contributed by atoms with van der Waals surface area (Å²) in [4.78, 5) is 27.9. The highest BCUT2D eigenvalue weighted by molar-refractivity contribution is 8.05. The normalized spacial score (nSPS) is 16.7. The Morgan fingerprint density at radius 2 is 1.97 bits per heavy atom. The predicted octanol–water partition coefficient (Wildman–Crippen LogP) is 5.34. The van der Waals surface area contributed by atoms with Gasteiger partial charge in [0, 0.05) is 5.69 Å². The minimum atomic E-state index is -0.621. The molecule has 3 aromatic rings. The Morgan fingerprint density at radius 3 is 2.63 bits per heavy atom. The molecule has 178 valence electrons. The number of benzene rings is 2. The minimum absolute atomic E-state index is 0.104. The Labute approximate surface area is 216 Å². The van der Waals surface area contributed by atoms with Crippen LogP contribution in [0.5, 0.6) is 5.75 Å². The van der Waals surface area contributed by atoms with Gasteiger partial charge in [-0.05, 0) is 54.4 Å². The van der Waals surface area contributed by atoms with Gasteiger partial charge >= 0.3 is 0 Å². The average molecular weight is 528 g/mol. The quantitative estimate of drug-likeness (QED) is 0.329. The molecule has 1 fully saturated rings. The molecule has 10 heteroatoms. The summed E-state index contributed by atoms with van der Waals surface area (Å²) in [5.41, 5.74) is 1.02. The molecule has 0 saturated carbocycles. The molecule has 1 aromatic heterocycles. The number of nitrogens with one attached hydrogen (secondary N) is 1. The largest absolute Gasteiger partial charge is 0.497 e. The van der Waals surface area contributed by atoms with Gasteiger partial charge in [0.15, 0.2) is 0 Å². The van der Waals surface area contributed by atoms with E-state index in [1.807, 2.05) is 6.07 Å². The van der Waals surface area contributed by atoms with E-state index in [2.05, 4.69) is 5.32 Å². The van der Waals surface area contributed by atoms with E-state index in [-0.39, 0.29) is 29.5 Å². The summed E-state index contributed by atoms with van der Waals surface area (Å²) >= 11 is 13.6. The zero-order valence-corrected chi connectivity index (χ0v) is 20.8. The van der Waals surface area contributed by atoms with Crippen LogP contribution in [0.4, 0.5) is 5.69 Å². The first-order valence-corrected chi connectivity index (χ1v) is 12.1. The number of nitrogens with zero attached hydrogens (tertiary/aromatic N) is 2. The van der Waals surface area contributed by atoms with E-state index < -0.39 is 11.2 Å². The predicted molar refractivity (Wildman–Crippen MR) is 135 cm³/mol. The molecule has 1 aliphatic rings. The number of halogens is 2. The van der Waals surface area contributed by atoms with Gasteiger partial charge in [-0.1, -0.05) is 47.1 Å². The van der Waals surface area contributed by atoms with Gasteiger partial charge in [0.2, 0.25) is 5.91 Å². The molecule has 1 unspecified atom stereocenters. The van der Waals surface area contributed by atoms with Crippen LogP contribution in [0, 0.1) is 11.3 Å². The van der Waals surface area contributed by atoms with Crippen molar-refractivity contribution in [3.63, 3.8) is 0 Å². The molecule has 2 amide bonds. The van der Waals surface area contributed by atoms with Gasteiger partial charge in [0.1, 0.15) is 28.2 Å². The maximum absolute atomic E-state index is 13.6. The van der Waals surface area contributed by atoms with Crippen LogP contribution in [-0.2, 0) is 22.6 Å². The average Bonchev–Trinajstić information content (AvgIpc) is 3.49. The van der Waals surface area contributed by atoms with Crippen LogP contribution in [0.1, 0.15) is 11.3 Å². The highest BCUT2D eigenvalue weighted by atomic mass is 35.5. The van der Waals surface area contributed by atoms with Gasteiger partial charge in [-0.2, -0.15) is 5.26 Å². The standard InChI is InChI=1S/C25H19Cl2N3O4S/c1-33-17-9-7-16(8-10-17)30-24(32)21(12-15-4-2-6-20(26)22(15)27)35-25(30)19(13-28)23(31)29-14-18-5-3-11-34-18/h2-11,21H,12,14H2,1H3,(H,29,31)/b25-19-. The van der Waals surface area contributed by atoms with Crippen LogP contribution in [-0.4, -0.2) is 24.2 Å². The maximum Gasteiger partial charge on any atom is 0.265 e. The number of hydrogen-bond acceptors (Lipinski definition) is 6. The first-order valence-electron chi connectivity index (χ1n) is 10.5. The second-order valence-corrected chi connectivity index (χ2v) is 9.43. The lowest BCUT2D eigenvalue weighted by molar-refractivity contribution is -0.117. The summed E-state index contributed by atoms with van der Waals surface area (Å²) in [6.45, 7) is 0.104. The molecule has 1 aliphatic heterocycles. The molecule has 1 saturated heterocycles. The van der Waals surface area contributed by atoms with Crippen LogP contribution in [0.3, 0.4) is 0 Å². The molecular formula is C25H19Cl2N3O4S. The number of nitriles is 1. The first kappa shape index (κ1) is 24.7. The van der Waals surface area contributed by atoms with Crippen molar-refractivity contribution in [1.29, 1.82) is 5.26 Å². The van der Waals surface area contributed by atoms with Crippen LogP contribution in [0.2, 0.25) is 10.0 Å². The van der Waals surface area contributed by atoms with Gasteiger partial charge < -0.3 is 14.5 Å². The van der Waals surface area contributed by atoms with Crippen molar-refractivity contribution < 1.29 is 18.7 Å². The van der Waals surface area contributed by atoms with E-state index in [4.69, 9.17) is 32.4 Å². The number of ether oxygens (including phenoxy) is 1. The van der Waals surface area contributed by atoms with Crippen molar-refractivity contribution in [3.8, 4) is 11.8 Å². The molecule has 4 rings (SSSR count). The summed E-state index contributed by atoms with van der Waals surface area (Å²) in [5, 5.41) is 13.0. The molecular weight excluding hydrogens is 509 g/mol. The van der Waals surface area contributed by atoms with Crippen molar-refractivity contribution in [2.75, 3.05) is 12.0 Å². The van der Waals surface area contributed by atoms with Crippen molar-refractivity contribution in [3.05, 3.63) is 92.8 Å². The number of furan rings is 1. The van der Waals surface area contributed by atoms with Gasteiger partial charge in [0.25, 0.3) is 5.91 Å². The smallest absolute Gasteiger partial charge is 0.265 e. The number of hydrogen-bond donors (Lipinski definition) is 1. The number of carbonyl (C=O) groups is 2. The van der Waals surface area contributed by atoms with Crippen molar-refractivity contribution in [1.82, 2.24) is 5.32 Å². The third-order valence-electron chi connectivity index (χ3n) is 5.28. The van der Waals surface area contributed by atoms with Gasteiger partial charge in [-0.25, -0.2) is 0 Å². The lowest BCUT2D eigenvalue weighted by Crippen LogP contribution is -2.32. The van der Waals surface area contributed by atoms with E-state index in [0.29, 0.717) is 32.8 Å². The monoisotopic (exact) mass is 527 g/mol. The number of carbonyl (C=O) groups excluding carboxylic acids is 2. The molecule has 1 atom stereocenters. The van der Waals surface area contributed by atoms with Crippen molar-refractivity contribution in [2.24, 2.45) is 0 Å². The van der Waals surface area contributed by atoms with Crippen LogP contribution < -0.4 is 15.0 Å². The number of methoxy groups -OCH3 is 1. The number of thioether (sulfide) groups is 1. The Hall–Kier alpha value is -3.38. The minimum Gasteiger partial charge on any atom is -0.497 e. The van der Waals surface area contributed by atoms with E-state index in [1.54, 1.807) is 61.7 Å². The molecule has 7 nitrogen and oxygen atoms in total. The molecule has 0 radical (unpaired) electrons. The topological polar surface area (TPSA) is 95.6 Å². The van der Waals surface area contributed by atoms with Crippen LogP contribution >= 0.6 is 35.0 Å². The van der Waals surface area contributed by atoms with Crippen LogP contribution in [0.15, 0.2) is 75.9 Å². The molecule has 0 bridgehead atoms. The fourth-order valence-corrected chi connectivity index (χ4v) is 5.22. The highest BCUT2D eigenvalue weighted by Gasteiger charge is 2.41. The summed E-state index contributed by atoms with van der Waals surface area (Å²) in [6, 6.07) is 17.4. The summed E-state index contributed by atoms with van der Waals surface area (Å²) < 4.78 is 10.4. The zero-order chi connectivity index (χ0) is 24.9. The van der Waals surface area contributed by atoms with E-state index >= 15 is 0 Å². The third-order valence-corrected chi connectivity index (χ3v) is 7.40. The molecule has 1 N–H and O–H groups in total. The van der Waals surface area contributed by atoms with Crippen molar-refractivity contribution >= 4 is 52.5 Å². The van der Waals surface area contributed by atoms with Gasteiger partial charge in [0.05, 0.1) is 35.2 Å². The molecule has 2 heterocycles. The van der Waals surface area contributed by atoms with Crippen molar-refractivity contribution in [2.45, 2.75) is 18.2 Å². The summed E-state index contributed by atoms with van der Waals surface area (Å²) in [6.07, 6.45) is 1.76. The summed E-state index contributed by atoms with van der Waals surface area (Å²) in [7, 11) is 1.54. The number of rotatable bonds is 7. The molecule has 0 spiro atoms. The SMILES string of the molecule is COc1ccc(N2C(=O)C(Cc3cccc(Cl)c3Cl)S/C2=C(/C#N)C(=O)NCc2ccco2)cc1. The van der Waals surface area contributed by atoms with Gasteiger partial charge in [-0.3, -0.25) is 14.5 Å². The Kier molecular flexibility index (Phi) is 7.71. The van der Waals surface area contributed by atoms with Gasteiger partial charge in [-0.15, -0.1) is 0 Å². The molecule has 2 aromatic carbocycles. The summed E-state index contributed by atoms with van der Waals surface area (Å²) in [5.74, 6) is 0.255. The fraction of sp³-hybridized carbons (Fsp3) is 0.160. The number of amides is 2. The zero-order valence-electron chi connectivity index (χ0n) is 18.5. The lowest BCUT2D eigenvalue weighted by Gasteiger charge is -2.19. The first-order chi connectivity index (χ1) is 16.9. The van der Waals surface area contributed by atoms with Crippen LogP contribution in [0.25, 0.3) is 0 Å². The van der Waals surface area contributed by atoms with E-state index in [9.17, 15) is 14.9 Å². The molecule has 35 heavy (non-hydrogen) atoms. The number of anilines is 1. The fourth-order valence-electron chi connectivity index (χ4n) is 3.53. The Bertz CT molecular complexity index is 1320. The maximum atomic E-state index is 13.6. The highest BCUT2D eigenvalue weighted by Crippen LogP contribution is 2.43. The third kappa shape index (κ3) is 5.33. The Balaban J connectivity index is 1.70. The van der Waals surface area contributed by atoms with E-state index in [1.165, 1.54) is 11.2 Å². The second-order valence-electron chi connectivity index (χ2n) is 7.45. The molecule has 0 aliphatic carbocycles. The second kappa shape index (κ2) is 10.9. The lowest BCUT2D eigenvalue weighted by atomic mass is 10.1. The van der Waals surface area contributed by atoms with E-state index in [0.717, 1.165) is 11.8 Å². The Morgan fingerprint density at radius 1 is 1.20 bits per heavy atom.